The zero-order valence-corrected chi connectivity index (χ0v) is 17.9. The maximum absolute atomic E-state index is 12.9. The molecule has 4 heterocycles. The van der Waals surface area contributed by atoms with Gasteiger partial charge in [-0.15, -0.1) is 11.3 Å². The Morgan fingerprint density at radius 1 is 1.14 bits per heavy atom. The number of piperidine rings is 1. The van der Waals surface area contributed by atoms with Crippen molar-refractivity contribution in [3.63, 3.8) is 0 Å². The van der Waals surface area contributed by atoms with E-state index in [9.17, 15) is 4.79 Å². The number of hydrogen-bond acceptors (Lipinski definition) is 6. The third-order valence-corrected chi connectivity index (χ3v) is 6.83. The van der Waals surface area contributed by atoms with Gasteiger partial charge in [-0.2, -0.15) is 0 Å². The molecule has 2 aromatic heterocycles. The maximum atomic E-state index is 12.9. The number of carbonyl (C=O) groups excluding carboxylic acids is 1. The van der Waals surface area contributed by atoms with Gasteiger partial charge in [0, 0.05) is 54.9 Å². The molecule has 0 spiro atoms. The van der Waals surface area contributed by atoms with Gasteiger partial charge in [0.05, 0.1) is 19.3 Å². The first-order chi connectivity index (χ1) is 14.2. The van der Waals surface area contributed by atoms with Crippen LogP contribution in [-0.2, 0) is 20.8 Å². The zero-order valence-electron chi connectivity index (χ0n) is 17.1. The molecule has 0 unspecified atom stereocenters. The molecule has 2 aromatic rings. The van der Waals surface area contributed by atoms with Crippen LogP contribution in [0.25, 0.3) is 0 Å². The van der Waals surface area contributed by atoms with Gasteiger partial charge in [-0.05, 0) is 49.6 Å². The molecule has 156 valence electrons. The molecule has 2 aliphatic heterocycles. The molecule has 2 atom stereocenters. The second-order valence-electron chi connectivity index (χ2n) is 7.77. The number of rotatable bonds is 8. The van der Waals surface area contributed by atoms with Crippen molar-refractivity contribution in [1.82, 2.24) is 14.8 Å². The van der Waals surface area contributed by atoms with Crippen LogP contribution in [0.3, 0.4) is 0 Å². The number of amides is 1. The number of carbonyl (C=O) groups is 1. The van der Waals surface area contributed by atoms with Crippen molar-refractivity contribution in [3.05, 3.63) is 52.0 Å². The fraction of sp³-hybridized carbons (Fsp3) is 0.545. The Morgan fingerprint density at radius 3 is 2.55 bits per heavy atom. The normalized spacial score (nSPS) is 23.4. The number of nitrogens with zero attached hydrogens (tertiary/aromatic N) is 3. The standard InChI is InChI=1S/C22H29N3O3S/c1-16-3-4-19(29-16)15-24-11-7-18(8-12-24)25-20(17-5-9-23-10-6-17)21(22(25)26)28-14-13-27-2/h3-6,9-10,18,20-21H,7-8,11-15H2,1-2H3/t20-,21+/m0/s1. The number of methoxy groups -OCH3 is 1. The average molecular weight is 416 g/mol. The molecule has 0 N–H and O–H groups in total. The predicted octanol–water partition coefficient (Wildman–Crippen LogP) is 3.03. The molecular weight excluding hydrogens is 386 g/mol. The second-order valence-corrected chi connectivity index (χ2v) is 9.15. The summed E-state index contributed by atoms with van der Waals surface area (Å²) in [4.78, 5) is 24.4. The zero-order chi connectivity index (χ0) is 20.2. The molecule has 4 rings (SSSR count). The largest absolute Gasteiger partial charge is 0.382 e. The highest BCUT2D eigenvalue weighted by Crippen LogP contribution is 2.41. The summed E-state index contributed by atoms with van der Waals surface area (Å²) >= 11 is 1.87. The Bertz CT molecular complexity index is 805. The minimum absolute atomic E-state index is 0.0288. The van der Waals surface area contributed by atoms with E-state index in [4.69, 9.17) is 9.47 Å². The number of pyridine rings is 1. The minimum atomic E-state index is -0.417. The monoisotopic (exact) mass is 415 g/mol. The highest BCUT2D eigenvalue weighted by atomic mass is 32.1. The van der Waals surface area contributed by atoms with Gasteiger partial charge >= 0.3 is 0 Å². The molecule has 0 aromatic carbocycles. The molecule has 0 radical (unpaired) electrons. The number of aromatic nitrogens is 1. The van der Waals surface area contributed by atoms with Crippen LogP contribution >= 0.6 is 11.3 Å². The first-order valence-electron chi connectivity index (χ1n) is 10.3. The smallest absolute Gasteiger partial charge is 0.255 e. The Balaban J connectivity index is 1.39. The number of aryl methyl sites for hydroxylation is 1. The van der Waals surface area contributed by atoms with Crippen molar-refractivity contribution in [2.24, 2.45) is 0 Å². The Labute approximate surface area is 176 Å². The lowest BCUT2D eigenvalue weighted by Gasteiger charge is -2.52. The fourth-order valence-corrected chi connectivity index (χ4v) is 5.29. The highest BCUT2D eigenvalue weighted by Gasteiger charge is 2.52. The molecule has 0 saturated carbocycles. The lowest BCUT2D eigenvalue weighted by Crippen LogP contribution is -2.64. The fourth-order valence-electron chi connectivity index (χ4n) is 4.35. The van der Waals surface area contributed by atoms with Crippen molar-refractivity contribution in [3.8, 4) is 0 Å². The number of ether oxygens (including phenoxy) is 2. The van der Waals surface area contributed by atoms with Crippen LogP contribution in [0, 0.1) is 6.92 Å². The van der Waals surface area contributed by atoms with Crippen molar-refractivity contribution in [2.45, 2.75) is 44.5 Å². The Morgan fingerprint density at radius 2 is 1.90 bits per heavy atom. The third-order valence-electron chi connectivity index (χ3n) is 5.84. The van der Waals surface area contributed by atoms with Crippen LogP contribution < -0.4 is 0 Å². The van der Waals surface area contributed by atoms with Crippen LogP contribution in [-0.4, -0.2) is 66.2 Å². The van der Waals surface area contributed by atoms with Gasteiger partial charge in [0.1, 0.15) is 0 Å². The molecule has 29 heavy (non-hydrogen) atoms. The summed E-state index contributed by atoms with van der Waals surface area (Å²) in [6.07, 6.45) is 5.16. The Kier molecular flexibility index (Phi) is 6.60. The van der Waals surface area contributed by atoms with Crippen LogP contribution in [0.4, 0.5) is 0 Å². The molecule has 7 heteroatoms. The van der Waals surface area contributed by atoms with Crippen LogP contribution in [0.5, 0.6) is 0 Å². The lowest BCUT2D eigenvalue weighted by molar-refractivity contribution is -0.184. The van der Waals surface area contributed by atoms with Gasteiger partial charge < -0.3 is 14.4 Å². The van der Waals surface area contributed by atoms with Crippen LogP contribution in [0.15, 0.2) is 36.7 Å². The third kappa shape index (κ3) is 4.53. The number of β-lactam (4-membered cyclic amide) rings is 1. The molecule has 1 amide bonds. The van der Waals surface area contributed by atoms with E-state index < -0.39 is 6.10 Å². The molecule has 0 bridgehead atoms. The number of hydrogen-bond donors (Lipinski definition) is 0. The second kappa shape index (κ2) is 9.34. The first kappa shape index (κ1) is 20.5. The average Bonchev–Trinajstić information content (AvgIpc) is 3.15. The predicted molar refractivity (Wildman–Crippen MR) is 113 cm³/mol. The molecule has 2 saturated heterocycles. The number of likely N-dealkylation sites (tertiary alicyclic amines) is 2. The summed E-state index contributed by atoms with van der Waals surface area (Å²) in [5.74, 6) is 0.107. The summed E-state index contributed by atoms with van der Waals surface area (Å²) < 4.78 is 11.0. The van der Waals surface area contributed by atoms with E-state index >= 15 is 0 Å². The topological polar surface area (TPSA) is 54.9 Å². The van der Waals surface area contributed by atoms with Crippen molar-refractivity contribution in [1.29, 1.82) is 0 Å². The van der Waals surface area contributed by atoms with E-state index in [1.165, 1.54) is 9.75 Å². The van der Waals surface area contributed by atoms with Crippen molar-refractivity contribution >= 4 is 17.2 Å². The summed E-state index contributed by atoms with van der Waals surface area (Å²) in [7, 11) is 1.64. The van der Waals surface area contributed by atoms with Gasteiger partial charge in [-0.3, -0.25) is 14.7 Å². The summed E-state index contributed by atoms with van der Waals surface area (Å²) in [5, 5.41) is 0. The van der Waals surface area contributed by atoms with Gasteiger partial charge in [0.15, 0.2) is 6.10 Å². The first-order valence-corrected chi connectivity index (χ1v) is 11.1. The lowest BCUT2D eigenvalue weighted by atomic mass is 9.86. The van der Waals surface area contributed by atoms with Crippen LogP contribution in [0.1, 0.15) is 34.2 Å². The minimum Gasteiger partial charge on any atom is -0.382 e. The summed E-state index contributed by atoms with van der Waals surface area (Å²) in [6, 6.07) is 8.64. The number of thiophene rings is 1. The molecule has 2 aliphatic rings. The summed E-state index contributed by atoms with van der Waals surface area (Å²) in [5.41, 5.74) is 1.10. The van der Waals surface area contributed by atoms with Gasteiger partial charge in [-0.1, -0.05) is 0 Å². The van der Waals surface area contributed by atoms with Gasteiger partial charge in [-0.25, -0.2) is 0 Å². The van der Waals surface area contributed by atoms with E-state index in [2.05, 4.69) is 33.8 Å². The van der Waals surface area contributed by atoms with E-state index in [-0.39, 0.29) is 18.0 Å². The molecule has 0 aliphatic carbocycles. The molecule has 2 fully saturated rings. The van der Waals surface area contributed by atoms with E-state index in [0.717, 1.165) is 38.0 Å². The van der Waals surface area contributed by atoms with E-state index in [1.54, 1.807) is 19.5 Å². The van der Waals surface area contributed by atoms with Crippen LogP contribution in [0.2, 0.25) is 0 Å². The maximum Gasteiger partial charge on any atom is 0.255 e. The van der Waals surface area contributed by atoms with Gasteiger partial charge in [0.2, 0.25) is 0 Å². The Hall–Kier alpha value is -1.80. The van der Waals surface area contributed by atoms with Crippen molar-refractivity contribution < 1.29 is 14.3 Å². The SMILES string of the molecule is COCCO[C@H]1C(=O)N(C2CCN(Cc3ccc(C)s3)CC2)[C@H]1c1ccncc1. The van der Waals surface area contributed by atoms with E-state index in [0.29, 0.717) is 13.2 Å². The van der Waals surface area contributed by atoms with Gasteiger partial charge in [0.25, 0.3) is 5.91 Å². The molecular formula is C22H29N3O3S. The highest BCUT2D eigenvalue weighted by molar-refractivity contribution is 7.11. The summed E-state index contributed by atoms with van der Waals surface area (Å²) in [6.45, 7) is 6.12. The van der Waals surface area contributed by atoms with E-state index in [1.807, 2.05) is 23.5 Å². The molecule has 6 nitrogen and oxygen atoms in total. The quantitative estimate of drug-likeness (QED) is 0.490. The van der Waals surface area contributed by atoms with Crippen molar-refractivity contribution in [2.75, 3.05) is 33.4 Å².